The van der Waals surface area contributed by atoms with Crippen molar-refractivity contribution in [1.82, 2.24) is 0 Å². The summed E-state index contributed by atoms with van der Waals surface area (Å²) in [5, 5.41) is 10.5. The summed E-state index contributed by atoms with van der Waals surface area (Å²) in [6.45, 7) is 13.1. The summed E-state index contributed by atoms with van der Waals surface area (Å²) in [6, 6.07) is 0. The zero-order valence-corrected chi connectivity index (χ0v) is 12.2. The van der Waals surface area contributed by atoms with Gasteiger partial charge in [-0.3, -0.25) is 0 Å². The third-order valence-corrected chi connectivity index (χ3v) is 4.13. The van der Waals surface area contributed by atoms with Crippen molar-refractivity contribution in [3.8, 4) is 0 Å². The standard InChI is InChI=1S/C15H26O2/c1-13(2,3)15(14(4,5)6)10-11(17-7)8-9-12(15)16/h8-9,16H,10H2,1-7H3. The third kappa shape index (κ3) is 2.10. The smallest absolute Gasteiger partial charge is 0.1000 e. The highest BCUT2D eigenvalue weighted by Crippen LogP contribution is 2.60. The molecule has 0 amide bonds. The first-order valence-corrected chi connectivity index (χ1v) is 6.20. The van der Waals surface area contributed by atoms with Crippen LogP contribution < -0.4 is 0 Å². The number of hydrogen-bond donors (Lipinski definition) is 1. The first-order valence-electron chi connectivity index (χ1n) is 6.20. The average molecular weight is 238 g/mol. The molecule has 1 rings (SSSR count). The van der Waals surface area contributed by atoms with Gasteiger partial charge in [0.05, 0.1) is 18.6 Å². The van der Waals surface area contributed by atoms with E-state index in [2.05, 4.69) is 41.5 Å². The van der Waals surface area contributed by atoms with Gasteiger partial charge in [-0.1, -0.05) is 41.5 Å². The van der Waals surface area contributed by atoms with E-state index in [1.807, 2.05) is 6.08 Å². The molecule has 0 aromatic carbocycles. The van der Waals surface area contributed by atoms with E-state index >= 15 is 0 Å². The molecule has 17 heavy (non-hydrogen) atoms. The fourth-order valence-electron chi connectivity index (χ4n) is 3.29. The van der Waals surface area contributed by atoms with Crippen molar-refractivity contribution >= 4 is 0 Å². The molecule has 0 saturated heterocycles. The molecule has 1 aliphatic rings. The minimum absolute atomic E-state index is 0.0378. The predicted octanol–water partition coefficient (Wildman–Crippen LogP) is 4.44. The number of hydrogen-bond acceptors (Lipinski definition) is 2. The Labute approximate surface area is 105 Å². The van der Waals surface area contributed by atoms with E-state index in [1.165, 1.54) is 0 Å². The lowest BCUT2D eigenvalue weighted by atomic mass is 9.50. The van der Waals surface area contributed by atoms with Crippen LogP contribution in [0.25, 0.3) is 0 Å². The van der Waals surface area contributed by atoms with Crippen molar-refractivity contribution in [2.75, 3.05) is 7.11 Å². The molecule has 0 aromatic rings. The number of aliphatic hydroxyl groups is 1. The maximum absolute atomic E-state index is 10.5. The van der Waals surface area contributed by atoms with Crippen LogP contribution in [-0.4, -0.2) is 12.2 Å². The van der Waals surface area contributed by atoms with Crippen molar-refractivity contribution in [2.45, 2.75) is 48.0 Å². The molecule has 0 fully saturated rings. The average Bonchev–Trinajstić information content (AvgIpc) is 2.14. The Balaban J connectivity index is 3.38. The minimum atomic E-state index is -0.292. The zero-order valence-electron chi connectivity index (χ0n) is 12.2. The van der Waals surface area contributed by atoms with E-state index in [9.17, 15) is 5.11 Å². The Bertz CT molecular complexity index is 334. The molecule has 0 radical (unpaired) electrons. The number of aliphatic hydroxyl groups excluding tert-OH is 1. The second-order valence-corrected chi connectivity index (χ2v) is 6.97. The normalized spacial score (nSPS) is 20.6. The van der Waals surface area contributed by atoms with Gasteiger partial charge in [-0.25, -0.2) is 0 Å². The summed E-state index contributed by atoms with van der Waals surface area (Å²) in [7, 11) is 1.69. The van der Waals surface area contributed by atoms with E-state index in [0.29, 0.717) is 5.76 Å². The van der Waals surface area contributed by atoms with Crippen molar-refractivity contribution in [3.63, 3.8) is 0 Å². The lowest BCUT2D eigenvalue weighted by Crippen LogP contribution is -2.49. The second-order valence-electron chi connectivity index (χ2n) is 6.97. The van der Waals surface area contributed by atoms with Crippen molar-refractivity contribution < 1.29 is 9.84 Å². The molecule has 0 saturated carbocycles. The molecule has 98 valence electrons. The number of ether oxygens (including phenoxy) is 1. The second kappa shape index (κ2) is 4.08. The van der Waals surface area contributed by atoms with Crippen molar-refractivity contribution in [1.29, 1.82) is 0 Å². The van der Waals surface area contributed by atoms with Crippen LogP contribution in [0.1, 0.15) is 48.0 Å². The maximum Gasteiger partial charge on any atom is 0.1000 e. The van der Waals surface area contributed by atoms with Gasteiger partial charge in [-0.05, 0) is 23.0 Å². The first kappa shape index (κ1) is 14.1. The molecule has 2 nitrogen and oxygen atoms in total. The lowest BCUT2D eigenvalue weighted by molar-refractivity contribution is -0.0418. The van der Waals surface area contributed by atoms with Gasteiger partial charge in [0, 0.05) is 11.8 Å². The summed E-state index contributed by atoms with van der Waals surface area (Å²) in [4.78, 5) is 0. The first-order chi connectivity index (χ1) is 7.56. The molecule has 0 bridgehead atoms. The highest BCUT2D eigenvalue weighted by Gasteiger charge is 2.54. The summed E-state index contributed by atoms with van der Waals surface area (Å²) in [5.41, 5.74) is -0.367. The largest absolute Gasteiger partial charge is 0.512 e. The van der Waals surface area contributed by atoms with Gasteiger partial charge in [-0.2, -0.15) is 0 Å². The molecule has 0 unspecified atom stereocenters. The van der Waals surface area contributed by atoms with Gasteiger partial charge < -0.3 is 9.84 Å². The molecule has 1 N–H and O–H groups in total. The molecular weight excluding hydrogens is 212 g/mol. The molecular formula is C15H26O2. The fraction of sp³-hybridized carbons (Fsp3) is 0.733. The molecule has 0 atom stereocenters. The summed E-state index contributed by atoms with van der Waals surface area (Å²) in [5.74, 6) is 1.41. The topological polar surface area (TPSA) is 29.5 Å². The molecule has 0 heterocycles. The van der Waals surface area contributed by atoms with Gasteiger partial charge in [0.15, 0.2) is 0 Å². The van der Waals surface area contributed by atoms with Gasteiger partial charge in [-0.15, -0.1) is 0 Å². The molecule has 1 aliphatic carbocycles. The third-order valence-electron chi connectivity index (χ3n) is 4.13. The van der Waals surface area contributed by atoms with E-state index in [0.717, 1.165) is 12.2 Å². The van der Waals surface area contributed by atoms with Gasteiger partial charge in [0.25, 0.3) is 0 Å². The van der Waals surface area contributed by atoms with Crippen LogP contribution in [0.5, 0.6) is 0 Å². The van der Waals surface area contributed by atoms with Gasteiger partial charge in [0.1, 0.15) is 0 Å². The van der Waals surface area contributed by atoms with Gasteiger partial charge >= 0.3 is 0 Å². The minimum Gasteiger partial charge on any atom is -0.512 e. The SMILES string of the molecule is COC1=CC=C(O)C(C(C)(C)C)(C(C)(C)C)C1. The van der Waals surface area contributed by atoms with Crippen LogP contribution in [0.4, 0.5) is 0 Å². The van der Waals surface area contributed by atoms with Crippen LogP contribution in [0.15, 0.2) is 23.7 Å². The van der Waals surface area contributed by atoms with Crippen LogP contribution in [0.2, 0.25) is 0 Å². The summed E-state index contributed by atoms with van der Waals surface area (Å²) >= 11 is 0. The highest BCUT2D eigenvalue weighted by atomic mass is 16.5. The number of rotatable bonds is 1. The number of methoxy groups -OCH3 is 1. The van der Waals surface area contributed by atoms with E-state index in [-0.39, 0.29) is 16.2 Å². The highest BCUT2D eigenvalue weighted by molar-refractivity contribution is 5.29. The van der Waals surface area contributed by atoms with Crippen LogP contribution in [0.3, 0.4) is 0 Å². The Morgan fingerprint density at radius 3 is 1.88 bits per heavy atom. The lowest BCUT2D eigenvalue weighted by Gasteiger charge is -2.54. The van der Waals surface area contributed by atoms with Crippen molar-refractivity contribution in [3.05, 3.63) is 23.7 Å². The number of allylic oxidation sites excluding steroid dienone is 4. The molecule has 0 spiro atoms. The quantitative estimate of drug-likeness (QED) is 0.731. The van der Waals surface area contributed by atoms with E-state index in [1.54, 1.807) is 13.2 Å². The van der Waals surface area contributed by atoms with Crippen LogP contribution in [0, 0.1) is 16.2 Å². The Morgan fingerprint density at radius 2 is 1.53 bits per heavy atom. The Kier molecular flexibility index (Phi) is 3.39. The Morgan fingerprint density at radius 1 is 1.06 bits per heavy atom. The Hall–Kier alpha value is -0.920. The van der Waals surface area contributed by atoms with E-state index in [4.69, 9.17) is 4.74 Å². The van der Waals surface area contributed by atoms with Gasteiger partial charge in [0.2, 0.25) is 0 Å². The van der Waals surface area contributed by atoms with Crippen LogP contribution >= 0.6 is 0 Å². The predicted molar refractivity (Wildman–Crippen MR) is 71.8 cm³/mol. The molecule has 0 aliphatic heterocycles. The maximum atomic E-state index is 10.5. The summed E-state index contributed by atoms with van der Waals surface area (Å²) in [6.07, 6.45) is 4.41. The van der Waals surface area contributed by atoms with Crippen LogP contribution in [-0.2, 0) is 4.74 Å². The van der Waals surface area contributed by atoms with Crippen molar-refractivity contribution in [2.24, 2.45) is 16.2 Å². The summed E-state index contributed by atoms with van der Waals surface area (Å²) < 4.78 is 5.39. The van der Waals surface area contributed by atoms with E-state index < -0.39 is 0 Å². The molecule has 0 aromatic heterocycles. The molecule has 2 heteroatoms. The fourth-order valence-corrected chi connectivity index (χ4v) is 3.29. The zero-order chi connectivity index (χ0) is 13.5. The monoisotopic (exact) mass is 238 g/mol.